The molecule has 1 N–H and O–H groups in total. The third-order valence-corrected chi connectivity index (χ3v) is 6.61. The number of ether oxygens (including phenoxy) is 1. The summed E-state index contributed by atoms with van der Waals surface area (Å²) in [6.45, 7) is 2.85. The molecular weight excluding hydrogens is 405 g/mol. The minimum atomic E-state index is -3.87. The lowest BCUT2D eigenvalue weighted by molar-refractivity contribution is 0.0730. The number of hydrogen-bond acceptors (Lipinski definition) is 6. The van der Waals surface area contributed by atoms with E-state index in [0.29, 0.717) is 25.5 Å². The van der Waals surface area contributed by atoms with Gasteiger partial charge in [-0.15, -0.1) is 0 Å². The van der Waals surface area contributed by atoms with Crippen LogP contribution in [0.15, 0.2) is 22.2 Å². The van der Waals surface area contributed by atoms with Crippen LogP contribution in [0.4, 0.5) is 0 Å². The van der Waals surface area contributed by atoms with Gasteiger partial charge in [-0.3, -0.25) is 4.79 Å². The standard InChI is InChI=1S/C15H17Cl2N3O5S/c1-9-6-14(19-25-9)18-15(21)10-7-13(12(17)8-11(10)16)26(22,23)20-2-4-24-5-3-20/h7-9H,2-6H2,1H3,(H,18,19,21)/t9-/m1/s1. The molecule has 0 aliphatic carbocycles. The monoisotopic (exact) mass is 421 g/mol. The van der Waals surface area contributed by atoms with Crippen LogP contribution >= 0.6 is 23.2 Å². The topological polar surface area (TPSA) is 97.3 Å². The van der Waals surface area contributed by atoms with E-state index in [1.165, 1.54) is 16.4 Å². The number of nitrogens with one attached hydrogen (secondary N) is 1. The molecule has 1 saturated heterocycles. The van der Waals surface area contributed by atoms with Gasteiger partial charge in [0, 0.05) is 19.5 Å². The lowest BCUT2D eigenvalue weighted by atomic mass is 10.2. The molecule has 2 aliphatic heterocycles. The predicted octanol–water partition coefficient (Wildman–Crippen LogP) is 1.87. The smallest absolute Gasteiger partial charge is 0.258 e. The summed E-state index contributed by atoms with van der Waals surface area (Å²) in [7, 11) is -3.87. The van der Waals surface area contributed by atoms with Crippen molar-refractivity contribution in [3.8, 4) is 0 Å². The summed E-state index contributed by atoms with van der Waals surface area (Å²) >= 11 is 12.2. The number of halogens is 2. The van der Waals surface area contributed by atoms with E-state index in [-0.39, 0.29) is 39.7 Å². The summed E-state index contributed by atoms with van der Waals surface area (Å²) in [4.78, 5) is 17.3. The predicted molar refractivity (Wildman–Crippen MR) is 96.1 cm³/mol. The zero-order valence-electron chi connectivity index (χ0n) is 13.9. The molecule has 142 valence electrons. The largest absolute Gasteiger partial charge is 0.391 e. The lowest BCUT2D eigenvalue weighted by Gasteiger charge is -2.26. The summed E-state index contributed by atoms with van der Waals surface area (Å²) < 4.78 is 32.1. The molecule has 1 aromatic rings. The SMILES string of the molecule is C[C@@H]1CC(NC(=O)c2cc(S(=O)(=O)N3CCOCC3)c(Cl)cc2Cl)=NO1. The first-order valence-electron chi connectivity index (χ1n) is 7.90. The number of rotatable bonds is 3. The van der Waals surface area contributed by atoms with Crippen molar-refractivity contribution in [3.63, 3.8) is 0 Å². The molecule has 0 aromatic heterocycles. The fraction of sp³-hybridized carbons (Fsp3) is 0.467. The molecule has 3 rings (SSSR count). The summed E-state index contributed by atoms with van der Waals surface area (Å²) in [5.74, 6) is -0.229. The Balaban J connectivity index is 1.90. The van der Waals surface area contributed by atoms with Gasteiger partial charge in [-0.25, -0.2) is 8.42 Å². The molecule has 0 unspecified atom stereocenters. The van der Waals surface area contributed by atoms with Crippen LogP contribution in [0, 0.1) is 0 Å². The summed E-state index contributed by atoms with van der Waals surface area (Å²) in [5, 5.41) is 6.32. The van der Waals surface area contributed by atoms with Gasteiger partial charge in [0.05, 0.1) is 28.8 Å². The number of sulfonamides is 1. The van der Waals surface area contributed by atoms with E-state index in [2.05, 4.69) is 10.5 Å². The molecule has 2 aliphatic rings. The highest BCUT2D eigenvalue weighted by Crippen LogP contribution is 2.31. The van der Waals surface area contributed by atoms with Crippen molar-refractivity contribution in [2.45, 2.75) is 24.3 Å². The Bertz CT molecular complexity index is 853. The molecule has 0 spiro atoms. The van der Waals surface area contributed by atoms with E-state index in [0.717, 1.165) is 0 Å². The van der Waals surface area contributed by atoms with E-state index in [1.807, 2.05) is 6.92 Å². The zero-order chi connectivity index (χ0) is 18.9. The van der Waals surface area contributed by atoms with Gasteiger partial charge in [-0.05, 0) is 19.1 Å². The number of carbonyl (C=O) groups excluding carboxylic acids is 1. The minimum Gasteiger partial charge on any atom is -0.391 e. The molecule has 0 radical (unpaired) electrons. The Hall–Kier alpha value is -1.39. The number of amides is 1. The van der Waals surface area contributed by atoms with Gasteiger partial charge in [0.1, 0.15) is 11.0 Å². The summed E-state index contributed by atoms with van der Waals surface area (Å²) in [6.07, 6.45) is 0.304. The molecule has 1 amide bonds. The molecule has 2 heterocycles. The van der Waals surface area contributed by atoms with Crippen molar-refractivity contribution in [1.29, 1.82) is 0 Å². The maximum Gasteiger partial charge on any atom is 0.258 e. The molecule has 0 saturated carbocycles. The van der Waals surface area contributed by atoms with Crippen LogP contribution in [0.3, 0.4) is 0 Å². The fourth-order valence-electron chi connectivity index (χ4n) is 2.60. The second kappa shape index (κ2) is 7.69. The van der Waals surface area contributed by atoms with Gasteiger partial charge in [-0.1, -0.05) is 28.4 Å². The Morgan fingerprint density at radius 3 is 2.58 bits per heavy atom. The number of hydrogen-bond donors (Lipinski definition) is 1. The Labute approximate surface area is 161 Å². The van der Waals surface area contributed by atoms with Crippen LogP contribution < -0.4 is 5.32 Å². The van der Waals surface area contributed by atoms with Gasteiger partial charge < -0.3 is 14.9 Å². The van der Waals surface area contributed by atoms with Gasteiger partial charge in [0.25, 0.3) is 5.91 Å². The molecule has 11 heteroatoms. The second-order valence-electron chi connectivity index (χ2n) is 5.89. The quantitative estimate of drug-likeness (QED) is 0.802. The van der Waals surface area contributed by atoms with E-state index in [9.17, 15) is 13.2 Å². The van der Waals surface area contributed by atoms with Crippen molar-refractivity contribution in [1.82, 2.24) is 9.62 Å². The number of benzene rings is 1. The highest BCUT2D eigenvalue weighted by molar-refractivity contribution is 7.89. The van der Waals surface area contributed by atoms with Crippen molar-refractivity contribution in [3.05, 3.63) is 27.7 Å². The normalized spacial score (nSPS) is 21.2. The van der Waals surface area contributed by atoms with E-state index in [4.69, 9.17) is 32.8 Å². The first-order valence-corrected chi connectivity index (χ1v) is 10.1. The van der Waals surface area contributed by atoms with Crippen LogP contribution in [0.5, 0.6) is 0 Å². The van der Waals surface area contributed by atoms with Gasteiger partial charge in [0.2, 0.25) is 10.0 Å². The van der Waals surface area contributed by atoms with Gasteiger partial charge in [-0.2, -0.15) is 4.31 Å². The van der Waals surface area contributed by atoms with Crippen molar-refractivity contribution in [2.75, 3.05) is 26.3 Å². The summed E-state index contributed by atoms with van der Waals surface area (Å²) in [6, 6.07) is 2.44. The van der Waals surface area contributed by atoms with Crippen LogP contribution in [-0.4, -0.2) is 56.9 Å². The van der Waals surface area contributed by atoms with Crippen LogP contribution in [0.25, 0.3) is 0 Å². The number of oxime groups is 1. The fourth-order valence-corrected chi connectivity index (χ4v) is 4.84. The van der Waals surface area contributed by atoms with Crippen LogP contribution in [0.2, 0.25) is 10.0 Å². The van der Waals surface area contributed by atoms with E-state index in [1.54, 1.807) is 0 Å². The van der Waals surface area contributed by atoms with Gasteiger partial charge in [0.15, 0.2) is 5.84 Å². The number of nitrogens with zero attached hydrogens (tertiary/aromatic N) is 2. The first-order chi connectivity index (χ1) is 12.3. The maximum atomic E-state index is 12.8. The molecule has 1 fully saturated rings. The molecule has 1 atom stereocenters. The third kappa shape index (κ3) is 3.96. The van der Waals surface area contributed by atoms with Crippen molar-refractivity contribution < 1.29 is 22.8 Å². The number of amidine groups is 1. The molecular formula is C15H17Cl2N3O5S. The molecule has 1 aromatic carbocycles. The van der Waals surface area contributed by atoms with Gasteiger partial charge >= 0.3 is 0 Å². The van der Waals surface area contributed by atoms with E-state index >= 15 is 0 Å². The van der Waals surface area contributed by atoms with Crippen LogP contribution in [0.1, 0.15) is 23.7 Å². The first kappa shape index (κ1) is 19.4. The third-order valence-electron chi connectivity index (χ3n) is 3.94. The highest BCUT2D eigenvalue weighted by Gasteiger charge is 2.30. The average molecular weight is 422 g/mol. The summed E-state index contributed by atoms with van der Waals surface area (Å²) in [5.41, 5.74) is -0.00912. The lowest BCUT2D eigenvalue weighted by Crippen LogP contribution is -2.40. The highest BCUT2D eigenvalue weighted by atomic mass is 35.5. The number of carbonyl (C=O) groups is 1. The molecule has 0 bridgehead atoms. The minimum absolute atomic E-state index is 0.00912. The van der Waals surface area contributed by atoms with Crippen molar-refractivity contribution in [2.24, 2.45) is 5.16 Å². The van der Waals surface area contributed by atoms with Crippen molar-refractivity contribution >= 4 is 45.0 Å². The Morgan fingerprint density at radius 2 is 1.96 bits per heavy atom. The maximum absolute atomic E-state index is 12.8. The number of morpholine rings is 1. The zero-order valence-corrected chi connectivity index (χ0v) is 16.2. The molecule has 26 heavy (non-hydrogen) atoms. The Kier molecular flexibility index (Phi) is 5.73. The second-order valence-corrected chi connectivity index (χ2v) is 8.61. The van der Waals surface area contributed by atoms with E-state index < -0.39 is 15.9 Å². The average Bonchev–Trinajstić information content (AvgIpc) is 3.00. The van der Waals surface area contributed by atoms with Crippen LogP contribution in [-0.2, 0) is 19.6 Å². The molecule has 8 nitrogen and oxygen atoms in total. The Morgan fingerprint density at radius 1 is 1.27 bits per heavy atom.